The lowest BCUT2D eigenvalue weighted by molar-refractivity contribution is -0.138. The fourth-order valence-electron chi connectivity index (χ4n) is 2.41. The Kier molecular flexibility index (Phi) is 3.64. The SMILES string of the molecule is Cn1nccc1C(=O)N1CCCCC1CC(=O)O. The minimum Gasteiger partial charge on any atom is -0.481 e. The lowest BCUT2D eigenvalue weighted by Crippen LogP contribution is -2.45. The van der Waals surface area contributed by atoms with Gasteiger partial charge in [-0.2, -0.15) is 5.10 Å². The summed E-state index contributed by atoms with van der Waals surface area (Å²) in [6.45, 7) is 0.627. The third-order valence-electron chi connectivity index (χ3n) is 3.34. The van der Waals surface area contributed by atoms with Crippen LogP contribution in [0.15, 0.2) is 12.3 Å². The van der Waals surface area contributed by atoms with Gasteiger partial charge in [0.2, 0.25) is 0 Å². The Hall–Kier alpha value is -1.85. The van der Waals surface area contributed by atoms with Gasteiger partial charge in [-0.15, -0.1) is 0 Å². The predicted molar refractivity (Wildman–Crippen MR) is 64.1 cm³/mol. The maximum absolute atomic E-state index is 12.3. The van der Waals surface area contributed by atoms with Crippen molar-refractivity contribution < 1.29 is 14.7 Å². The summed E-state index contributed by atoms with van der Waals surface area (Å²) in [4.78, 5) is 24.9. The highest BCUT2D eigenvalue weighted by molar-refractivity contribution is 5.93. The molecule has 1 fully saturated rings. The molecule has 1 aromatic heterocycles. The number of aryl methyl sites for hydroxylation is 1. The lowest BCUT2D eigenvalue weighted by Gasteiger charge is -2.34. The van der Waals surface area contributed by atoms with Gasteiger partial charge < -0.3 is 10.0 Å². The van der Waals surface area contributed by atoms with Crippen LogP contribution in [0.4, 0.5) is 0 Å². The van der Waals surface area contributed by atoms with E-state index in [0.717, 1.165) is 19.3 Å². The number of aliphatic carboxylic acids is 1. The second-order valence-electron chi connectivity index (χ2n) is 4.59. The summed E-state index contributed by atoms with van der Waals surface area (Å²) in [7, 11) is 1.71. The van der Waals surface area contributed by atoms with Crippen LogP contribution in [0, 0.1) is 0 Å². The number of carbonyl (C=O) groups excluding carboxylic acids is 1. The summed E-state index contributed by atoms with van der Waals surface area (Å²) in [5, 5.41) is 12.9. The molecule has 2 heterocycles. The molecule has 1 amide bonds. The van der Waals surface area contributed by atoms with Gasteiger partial charge in [-0.25, -0.2) is 0 Å². The molecule has 1 saturated heterocycles. The van der Waals surface area contributed by atoms with E-state index in [1.54, 1.807) is 24.2 Å². The molecule has 1 aliphatic heterocycles. The topological polar surface area (TPSA) is 75.4 Å². The van der Waals surface area contributed by atoms with Crippen LogP contribution < -0.4 is 0 Å². The van der Waals surface area contributed by atoms with Gasteiger partial charge in [-0.1, -0.05) is 0 Å². The van der Waals surface area contributed by atoms with Crippen molar-refractivity contribution in [2.24, 2.45) is 7.05 Å². The van der Waals surface area contributed by atoms with E-state index in [-0.39, 0.29) is 18.4 Å². The van der Waals surface area contributed by atoms with Crippen molar-refractivity contribution in [3.05, 3.63) is 18.0 Å². The van der Waals surface area contributed by atoms with E-state index >= 15 is 0 Å². The van der Waals surface area contributed by atoms with Crippen molar-refractivity contribution in [1.82, 2.24) is 14.7 Å². The summed E-state index contributed by atoms with van der Waals surface area (Å²) in [6.07, 6.45) is 4.26. The molecule has 1 N–H and O–H groups in total. The molecule has 6 nitrogen and oxygen atoms in total. The molecule has 18 heavy (non-hydrogen) atoms. The van der Waals surface area contributed by atoms with Crippen LogP contribution in [-0.4, -0.2) is 44.3 Å². The highest BCUT2D eigenvalue weighted by Crippen LogP contribution is 2.21. The van der Waals surface area contributed by atoms with Gasteiger partial charge >= 0.3 is 5.97 Å². The Morgan fingerprint density at radius 2 is 2.28 bits per heavy atom. The standard InChI is InChI=1S/C12H17N3O3/c1-14-10(5-6-13-14)12(18)15-7-3-2-4-9(15)8-11(16)17/h5-6,9H,2-4,7-8H2,1H3,(H,16,17). The molecule has 0 saturated carbocycles. The van der Waals surface area contributed by atoms with Gasteiger partial charge in [0.15, 0.2) is 0 Å². The number of carboxylic acids is 1. The smallest absolute Gasteiger partial charge is 0.305 e. The number of carbonyl (C=O) groups is 2. The number of piperidine rings is 1. The molecule has 1 unspecified atom stereocenters. The fraction of sp³-hybridized carbons (Fsp3) is 0.583. The highest BCUT2D eigenvalue weighted by Gasteiger charge is 2.30. The Balaban J connectivity index is 2.16. The first-order valence-corrected chi connectivity index (χ1v) is 6.10. The molecule has 6 heteroatoms. The van der Waals surface area contributed by atoms with Crippen molar-refractivity contribution >= 4 is 11.9 Å². The quantitative estimate of drug-likeness (QED) is 0.865. The van der Waals surface area contributed by atoms with Crippen LogP contribution >= 0.6 is 0 Å². The van der Waals surface area contributed by atoms with Crippen molar-refractivity contribution in [2.75, 3.05) is 6.54 Å². The zero-order chi connectivity index (χ0) is 13.1. The van der Waals surface area contributed by atoms with E-state index in [1.165, 1.54) is 4.68 Å². The molecule has 1 atom stereocenters. The van der Waals surface area contributed by atoms with E-state index < -0.39 is 5.97 Å². The van der Waals surface area contributed by atoms with Crippen LogP contribution in [0.25, 0.3) is 0 Å². The summed E-state index contributed by atoms with van der Waals surface area (Å²) >= 11 is 0. The summed E-state index contributed by atoms with van der Waals surface area (Å²) in [6, 6.07) is 1.47. The Labute approximate surface area is 105 Å². The van der Waals surface area contributed by atoms with Crippen molar-refractivity contribution in [1.29, 1.82) is 0 Å². The third kappa shape index (κ3) is 2.52. The first-order chi connectivity index (χ1) is 8.59. The van der Waals surface area contributed by atoms with E-state index in [0.29, 0.717) is 12.2 Å². The van der Waals surface area contributed by atoms with E-state index in [9.17, 15) is 9.59 Å². The highest BCUT2D eigenvalue weighted by atomic mass is 16.4. The van der Waals surface area contributed by atoms with Crippen LogP contribution in [0.3, 0.4) is 0 Å². The third-order valence-corrected chi connectivity index (χ3v) is 3.34. The number of amides is 1. The van der Waals surface area contributed by atoms with Crippen LogP contribution in [0.5, 0.6) is 0 Å². The number of hydrogen-bond donors (Lipinski definition) is 1. The van der Waals surface area contributed by atoms with Gasteiger partial charge in [0.1, 0.15) is 5.69 Å². The molecule has 1 aliphatic rings. The summed E-state index contributed by atoms with van der Waals surface area (Å²) in [5.74, 6) is -0.981. The molecule has 0 radical (unpaired) electrons. The van der Waals surface area contributed by atoms with Gasteiger partial charge in [-0.3, -0.25) is 14.3 Å². The second-order valence-corrected chi connectivity index (χ2v) is 4.59. The molecule has 0 aliphatic carbocycles. The van der Waals surface area contributed by atoms with Gasteiger partial charge in [0.25, 0.3) is 5.91 Å². The molecular weight excluding hydrogens is 234 g/mol. The zero-order valence-corrected chi connectivity index (χ0v) is 10.4. The molecule has 0 aromatic carbocycles. The monoisotopic (exact) mass is 251 g/mol. The van der Waals surface area contributed by atoms with Gasteiger partial charge in [0.05, 0.1) is 6.42 Å². The molecular formula is C12H17N3O3. The normalized spacial score (nSPS) is 19.8. The first-order valence-electron chi connectivity index (χ1n) is 6.10. The summed E-state index contributed by atoms with van der Waals surface area (Å²) < 4.78 is 1.52. The lowest BCUT2D eigenvalue weighted by atomic mass is 9.99. The van der Waals surface area contributed by atoms with Crippen molar-refractivity contribution in [3.63, 3.8) is 0 Å². The Morgan fingerprint density at radius 1 is 1.50 bits per heavy atom. The molecule has 98 valence electrons. The van der Waals surface area contributed by atoms with E-state index in [2.05, 4.69) is 5.10 Å². The number of hydrogen-bond acceptors (Lipinski definition) is 3. The molecule has 2 rings (SSSR count). The second kappa shape index (κ2) is 5.20. The van der Waals surface area contributed by atoms with Gasteiger partial charge in [0, 0.05) is 25.8 Å². The Morgan fingerprint density at radius 3 is 2.89 bits per heavy atom. The zero-order valence-electron chi connectivity index (χ0n) is 10.4. The average Bonchev–Trinajstić information content (AvgIpc) is 2.74. The maximum atomic E-state index is 12.3. The number of rotatable bonds is 3. The number of aromatic nitrogens is 2. The van der Waals surface area contributed by atoms with Gasteiger partial charge in [-0.05, 0) is 25.3 Å². The number of nitrogens with zero attached hydrogens (tertiary/aromatic N) is 3. The van der Waals surface area contributed by atoms with Crippen molar-refractivity contribution in [2.45, 2.75) is 31.7 Å². The number of carboxylic acid groups (broad SMARTS) is 1. The van der Waals surface area contributed by atoms with E-state index in [1.807, 2.05) is 0 Å². The average molecular weight is 251 g/mol. The minimum atomic E-state index is -0.857. The van der Waals surface area contributed by atoms with Crippen LogP contribution in [0.2, 0.25) is 0 Å². The minimum absolute atomic E-state index is 0.0175. The van der Waals surface area contributed by atoms with E-state index in [4.69, 9.17) is 5.11 Å². The molecule has 0 bridgehead atoms. The first kappa shape index (κ1) is 12.6. The maximum Gasteiger partial charge on any atom is 0.305 e. The molecule has 0 spiro atoms. The fourth-order valence-corrected chi connectivity index (χ4v) is 2.41. The largest absolute Gasteiger partial charge is 0.481 e. The van der Waals surface area contributed by atoms with Crippen LogP contribution in [0.1, 0.15) is 36.2 Å². The van der Waals surface area contributed by atoms with Crippen LogP contribution in [-0.2, 0) is 11.8 Å². The summed E-state index contributed by atoms with van der Waals surface area (Å²) in [5.41, 5.74) is 0.507. The van der Waals surface area contributed by atoms with Crippen molar-refractivity contribution in [3.8, 4) is 0 Å². The Bertz CT molecular complexity index is 455. The molecule has 1 aromatic rings. The predicted octanol–water partition coefficient (Wildman–Crippen LogP) is 0.890. The number of likely N-dealkylation sites (tertiary alicyclic amines) is 1.